The van der Waals surface area contributed by atoms with Gasteiger partial charge in [-0.3, -0.25) is 4.79 Å². The summed E-state index contributed by atoms with van der Waals surface area (Å²) in [6.07, 6.45) is 25.9. The highest BCUT2D eigenvalue weighted by atomic mass is 16.5. The molecule has 4 aliphatic rings. The topological polar surface area (TPSA) is 87.0 Å². The first-order valence-electron chi connectivity index (χ1n) is 22.2. The highest BCUT2D eigenvalue weighted by Gasteiger charge is 2.72. The van der Waals surface area contributed by atoms with Crippen molar-refractivity contribution in [1.82, 2.24) is 0 Å². The van der Waals surface area contributed by atoms with Gasteiger partial charge in [-0.2, -0.15) is 0 Å². The van der Waals surface area contributed by atoms with Gasteiger partial charge in [0, 0.05) is 12.3 Å². The maximum atomic E-state index is 13.7. The molecule has 0 saturated heterocycles. The van der Waals surface area contributed by atoms with E-state index in [1.807, 2.05) is 20.8 Å². The largest absolute Gasteiger partial charge is 0.462 e. The summed E-state index contributed by atoms with van der Waals surface area (Å²) in [5, 5.41) is 33.8. The molecule has 0 aromatic carbocycles. The average Bonchev–Trinajstić information content (AvgIpc) is 3.42. The molecule has 4 rings (SSSR count). The van der Waals surface area contributed by atoms with Crippen LogP contribution >= 0.6 is 0 Å². The van der Waals surface area contributed by atoms with Crippen molar-refractivity contribution in [3.05, 3.63) is 0 Å². The van der Waals surface area contributed by atoms with Crippen LogP contribution in [-0.2, 0) is 9.53 Å². The van der Waals surface area contributed by atoms with Crippen molar-refractivity contribution in [1.29, 1.82) is 0 Å². The van der Waals surface area contributed by atoms with Crippen LogP contribution < -0.4 is 0 Å². The van der Waals surface area contributed by atoms with Crippen molar-refractivity contribution in [2.45, 2.75) is 240 Å². The summed E-state index contributed by atoms with van der Waals surface area (Å²) in [6.45, 7) is 20.2. The average molecular weight is 717 g/mol. The molecule has 0 radical (unpaired) electrons. The van der Waals surface area contributed by atoms with E-state index in [1.165, 1.54) is 70.6 Å². The summed E-state index contributed by atoms with van der Waals surface area (Å²) in [4.78, 5) is 13.7. The predicted octanol–water partition coefficient (Wildman–Crippen LogP) is 11.7. The fraction of sp³-hybridized carbons (Fsp3) is 0.978. The summed E-state index contributed by atoms with van der Waals surface area (Å²) >= 11 is 0. The number of carbonyl (C=O) groups is 1. The Hall–Kier alpha value is -0.650. The van der Waals surface area contributed by atoms with Crippen LogP contribution in [0.15, 0.2) is 0 Å². The molecule has 0 unspecified atom stereocenters. The van der Waals surface area contributed by atoms with Crippen molar-refractivity contribution < 1.29 is 24.9 Å². The number of aliphatic hydroxyl groups is 3. The number of hydrogen-bond donors (Lipinski definition) is 3. The standard InChI is InChI=1S/C46H84O5/c1-10-11-12-13-14-15-16-17-18-19-20-21-22-24-39(48)51-35-33-37-43(6)30-27-38(47)42(4,5)36(43)26-32-44(37,7)45(8)31-25-34(40(35)45)46(9,50)29-23-28-41(2,3)49/h34-38,40,47,49-50H,10-33H2,1-9H3/t34-,35+,36-,37+,38-,40-,43-,44+,45+,46+/m0/s1. The summed E-state index contributed by atoms with van der Waals surface area (Å²) < 4.78 is 6.71. The van der Waals surface area contributed by atoms with Crippen LogP contribution in [0.3, 0.4) is 0 Å². The first-order valence-corrected chi connectivity index (χ1v) is 22.2. The Morgan fingerprint density at radius 1 is 0.686 bits per heavy atom. The molecule has 4 aliphatic carbocycles. The lowest BCUT2D eigenvalue weighted by Crippen LogP contribution is -2.67. The molecular weight excluding hydrogens is 633 g/mol. The van der Waals surface area contributed by atoms with Crippen LogP contribution in [0, 0.1) is 45.3 Å². The number of fused-ring (bicyclic) bond motifs is 5. The van der Waals surface area contributed by atoms with Gasteiger partial charge in [0.05, 0.1) is 17.3 Å². The number of aliphatic hydroxyl groups excluding tert-OH is 1. The number of unbranched alkanes of at least 4 members (excludes halogenated alkanes) is 12. The van der Waals surface area contributed by atoms with Gasteiger partial charge in [-0.15, -0.1) is 0 Å². The van der Waals surface area contributed by atoms with E-state index in [0.717, 1.165) is 64.2 Å². The second-order valence-electron chi connectivity index (χ2n) is 20.8. The Balaban J connectivity index is 1.43. The normalized spacial score (nSPS) is 37.3. The molecule has 0 aromatic heterocycles. The third-order valence-corrected chi connectivity index (χ3v) is 16.4. The van der Waals surface area contributed by atoms with Gasteiger partial charge in [-0.1, -0.05) is 119 Å². The lowest BCUT2D eigenvalue weighted by Gasteiger charge is -2.70. The number of rotatable bonds is 20. The molecule has 3 N–H and O–H groups in total. The van der Waals surface area contributed by atoms with Crippen LogP contribution in [0.1, 0.15) is 216 Å². The van der Waals surface area contributed by atoms with Crippen LogP contribution in [-0.4, -0.2) is 44.7 Å². The van der Waals surface area contributed by atoms with E-state index >= 15 is 0 Å². The monoisotopic (exact) mass is 717 g/mol. The molecule has 298 valence electrons. The van der Waals surface area contributed by atoms with Crippen molar-refractivity contribution in [2.75, 3.05) is 0 Å². The van der Waals surface area contributed by atoms with Crippen LogP contribution in [0.25, 0.3) is 0 Å². The quantitative estimate of drug-likeness (QED) is 0.0862. The number of esters is 1. The van der Waals surface area contributed by atoms with E-state index in [9.17, 15) is 20.1 Å². The van der Waals surface area contributed by atoms with E-state index < -0.39 is 11.2 Å². The van der Waals surface area contributed by atoms with Crippen LogP contribution in [0.2, 0.25) is 0 Å². The minimum Gasteiger partial charge on any atom is -0.462 e. The van der Waals surface area contributed by atoms with Gasteiger partial charge < -0.3 is 20.1 Å². The fourth-order valence-electron chi connectivity index (χ4n) is 13.1. The second-order valence-corrected chi connectivity index (χ2v) is 20.8. The predicted molar refractivity (Wildman–Crippen MR) is 211 cm³/mol. The van der Waals surface area contributed by atoms with Crippen molar-refractivity contribution in [3.8, 4) is 0 Å². The molecule has 5 heteroatoms. The minimum atomic E-state index is -0.880. The molecule has 0 spiro atoms. The number of carbonyl (C=O) groups excluding carboxylic acids is 1. The third-order valence-electron chi connectivity index (χ3n) is 16.4. The smallest absolute Gasteiger partial charge is 0.306 e. The Labute approximate surface area is 315 Å². The summed E-state index contributed by atoms with van der Waals surface area (Å²) in [5.74, 6) is 0.986. The Kier molecular flexibility index (Phi) is 14.7. The zero-order valence-corrected chi connectivity index (χ0v) is 35.1. The minimum absolute atomic E-state index is 0.0433. The SMILES string of the molecule is CCCCCCCCCCCCCCCC(=O)O[C@@H]1C[C@@H]2[C@@]3(C)CC[C@H](O)C(C)(C)[C@@H]3CC[C@@]2(C)[C@]2(C)CC[C@H]([C@](C)(O)CCCC(C)(C)O)[C@@H]12. The van der Waals surface area contributed by atoms with Crippen molar-refractivity contribution >= 4 is 5.97 Å². The molecule has 0 aliphatic heterocycles. The van der Waals surface area contributed by atoms with E-state index in [1.54, 1.807) is 0 Å². The molecular formula is C46H84O5. The fourth-order valence-corrected chi connectivity index (χ4v) is 13.1. The van der Waals surface area contributed by atoms with Gasteiger partial charge in [-0.05, 0) is 131 Å². The van der Waals surface area contributed by atoms with Crippen molar-refractivity contribution in [2.24, 2.45) is 45.3 Å². The lowest BCUT2D eigenvalue weighted by atomic mass is 9.35. The van der Waals surface area contributed by atoms with Crippen LogP contribution in [0.5, 0.6) is 0 Å². The van der Waals surface area contributed by atoms with Gasteiger partial charge in [0.2, 0.25) is 0 Å². The zero-order chi connectivity index (χ0) is 37.7. The summed E-state index contributed by atoms with van der Waals surface area (Å²) in [6, 6.07) is 0. The molecule has 4 saturated carbocycles. The first-order chi connectivity index (χ1) is 23.8. The summed E-state index contributed by atoms with van der Waals surface area (Å²) in [7, 11) is 0. The van der Waals surface area contributed by atoms with Gasteiger partial charge in [0.1, 0.15) is 6.10 Å². The molecule has 4 fully saturated rings. The van der Waals surface area contributed by atoms with Gasteiger partial charge in [-0.25, -0.2) is 0 Å². The van der Waals surface area contributed by atoms with E-state index in [0.29, 0.717) is 31.1 Å². The Bertz CT molecular complexity index is 1090. The molecule has 0 amide bonds. The maximum Gasteiger partial charge on any atom is 0.306 e. The molecule has 10 atom stereocenters. The molecule has 5 nitrogen and oxygen atoms in total. The molecule has 0 aromatic rings. The third kappa shape index (κ3) is 9.60. The first kappa shape index (κ1) is 43.1. The van der Waals surface area contributed by atoms with Crippen LogP contribution in [0.4, 0.5) is 0 Å². The van der Waals surface area contributed by atoms with E-state index in [2.05, 4.69) is 41.5 Å². The van der Waals surface area contributed by atoms with Crippen molar-refractivity contribution in [3.63, 3.8) is 0 Å². The number of hydrogen-bond acceptors (Lipinski definition) is 5. The highest BCUT2D eigenvalue weighted by molar-refractivity contribution is 5.69. The Morgan fingerprint density at radius 3 is 1.80 bits per heavy atom. The van der Waals surface area contributed by atoms with E-state index in [-0.39, 0.29) is 51.7 Å². The zero-order valence-electron chi connectivity index (χ0n) is 35.1. The molecule has 0 bridgehead atoms. The van der Waals surface area contributed by atoms with Gasteiger partial charge >= 0.3 is 5.97 Å². The van der Waals surface area contributed by atoms with Gasteiger partial charge in [0.25, 0.3) is 0 Å². The lowest BCUT2D eigenvalue weighted by molar-refractivity contribution is -0.251. The summed E-state index contributed by atoms with van der Waals surface area (Å²) in [5.41, 5.74) is -1.64. The highest BCUT2D eigenvalue weighted by Crippen LogP contribution is 2.76. The Morgan fingerprint density at radius 2 is 1.24 bits per heavy atom. The van der Waals surface area contributed by atoms with Gasteiger partial charge in [0.15, 0.2) is 0 Å². The number of ether oxygens (including phenoxy) is 1. The second kappa shape index (κ2) is 17.4. The maximum absolute atomic E-state index is 13.7. The van der Waals surface area contributed by atoms with E-state index in [4.69, 9.17) is 4.74 Å². The molecule has 51 heavy (non-hydrogen) atoms. The molecule has 0 heterocycles.